The summed E-state index contributed by atoms with van der Waals surface area (Å²) in [7, 11) is 0. The van der Waals surface area contributed by atoms with E-state index in [1.807, 2.05) is 63.6 Å². The highest BCUT2D eigenvalue weighted by atomic mass is 35.5. The first kappa shape index (κ1) is 31.4. The number of halogens is 2. The minimum absolute atomic E-state index is 0.0150. The van der Waals surface area contributed by atoms with Crippen LogP contribution < -0.4 is 10.3 Å². The van der Waals surface area contributed by atoms with Gasteiger partial charge in [-0.1, -0.05) is 35.0 Å². The summed E-state index contributed by atoms with van der Waals surface area (Å²) in [5.41, 5.74) is 2.08. The Bertz CT molecular complexity index is 1990. The highest BCUT2D eigenvalue weighted by Gasteiger charge is 2.40. The zero-order valence-electron chi connectivity index (χ0n) is 27.2. The largest absolute Gasteiger partial charge is 0.443 e. The Hall–Kier alpha value is -4.25. The molecule has 0 radical (unpaired) electrons. The van der Waals surface area contributed by atoms with E-state index in [-0.39, 0.29) is 28.1 Å². The minimum Gasteiger partial charge on any atom is -0.443 e. The molecule has 1 saturated heterocycles. The number of ether oxygens (including phenoxy) is 1. The molecule has 1 atom stereocenters. The first-order valence-electron chi connectivity index (χ1n) is 16.1. The van der Waals surface area contributed by atoms with Crippen molar-refractivity contribution in [3.63, 3.8) is 0 Å². The fraction of sp³-hybridized carbons (Fsp3) is 0.457. The molecule has 0 bridgehead atoms. The van der Waals surface area contributed by atoms with E-state index < -0.39 is 34.4 Å². The van der Waals surface area contributed by atoms with Crippen LogP contribution in [0.5, 0.6) is 0 Å². The third kappa shape index (κ3) is 5.68. The van der Waals surface area contributed by atoms with Crippen molar-refractivity contribution in [2.24, 2.45) is 0 Å². The van der Waals surface area contributed by atoms with Crippen molar-refractivity contribution in [3.05, 3.63) is 74.9 Å². The van der Waals surface area contributed by atoms with Crippen LogP contribution >= 0.6 is 11.6 Å². The molecule has 0 N–H and O–H groups in total. The van der Waals surface area contributed by atoms with Crippen LogP contribution in [0.2, 0.25) is 5.02 Å². The number of nitrogens with zero attached hydrogens (tertiary/aromatic N) is 6. The van der Waals surface area contributed by atoms with Gasteiger partial charge in [-0.3, -0.25) is 14.5 Å². The molecule has 0 spiro atoms. The Kier molecular flexibility index (Phi) is 7.46. The molecule has 1 aliphatic carbocycles. The van der Waals surface area contributed by atoms with E-state index in [9.17, 15) is 18.8 Å². The molecule has 2 fully saturated rings. The first-order chi connectivity index (χ1) is 22.2. The van der Waals surface area contributed by atoms with Gasteiger partial charge in [0.2, 0.25) is 5.43 Å². The van der Waals surface area contributed by atoms with Crippen LogP contribution in [0, 0.1) is 5.82 Å². The summed E-state index contributed by atoms with van der Waals surface area (Å²) >= 11 is 6.08. The third-order valence-electron chi connectivity index (χ3n) is 9.47. The Morgan fingerprint density at radius 3 is 2.57 bits per heavy atom. The molecular formula is C35H38ClFN6O4. The summed E-state index contributed by atoms with van der Waals surface area (Å²) in [5.74, 6) is -1.09. The van der Waals surface area contributed by atoms with Gasteiger partial charge in [-0.2, -0.15) is 0 Å². The van der Waals surface area contributed by atoms with Gasteiger partial charge in [0.25, 0.3) is 5.91 Å². The lowest BCUT2D eigenvalue weighted by molar-refractivity contribution is 0.0307. The van der Waals surface area contributed by atoms with Gasteiger partial charge in [-0.15, -0.1) is 5.10 Å². The molecular weight excluding hydrogens is 623 g/mol. The highest BCUT2D eigenvalue weighted by molar-refractivity contribution is 6.31. The first-order valence-corrected chi connectivity index (χ1v) is 16.5. The molecule has 12 heteroatoms. The van der Waals surface area contributed by atoms with Crippen LogP contribution in [0.4, 0.5) is 14.9 Å². The Morgan fingerprint density at radius 2 is 1.85 bits per heavy atom. The van der Waals surface area contributed by atoms with Crippen LogP contribution in [0.1, 0.15) is 88.3 Å². The summed E-state index contributed by atoms with van der Waals surface area (Å²) < 4.78 is 23.9. The number of aromatic nitrogens is 4. The molecule has 1 saturated carbocycles. The van der Waals surface area contributed by atoms with Crippen LogP contribution in [0.15, 0.2) is 47.5 Å². The van der Waals surface area contributed by atoms with E-state index in [4.69, 9.17) is 16.3 Å². The molecule has 47 heavy (non-hydrogen) atoms. The number of carbonyl (C=O) groups is 2. The number of rotatable bonds is 4. The number of likely N-dealkylation sites (tertiary alicyclic amines) is 1. The Labute approximate surface area is 277 Å². The molecule has 4 heterocycles. The van der Waals surface area contributed by atoms with E-state index in [1.165, 1.54) is 6.07 Å². The predicted octanol–water partition coefficient (Wildman–Crippen LogP) is 6.94. The van der Waals surface area contributed by atoms with Gasteiger partial charge >= 0.3 is 6.09 Å². The van der Waals surface area contributed by atoms with Gasteiger partial charge in [0.1, 0.15) is 22.7 Å². The maximum atomic E-state index is 14.5. The quantitative estimate of drug-likeness (QED) is 0.235. The normalized spacial score (nSPS) is 19.3. The van der Waals surface area contributed by atoms with Gasteiger partial charge < -0.3 is 14.2 Å². The van der Waals surface area contributed by atoms with Gasteiger partial charge in [-0.25, -0.2) is 13.9 Å². The van der Waals surface area contributed by atoms with Gasteiger partial charge in [0, 0.05) is 41.8 Å². The van der Waals surface area contributed by atoms with Crippen LogP contribution in [0.3, 0.4) is 0 Å². The Morgan fingerprint density at radius 1 is 1.09 bits per heavy atom. The number of para-hydroxylation sites is 1. The predicted molar refractivity (Wildman–Crippen MR) is 178 cm³/mol. The topological polar surface area (TPSA) is 103 Å². The minimum atomic E-state index is -0.693. The number of pyridine rings is 1. The molecule has 2 aromatic carbocycles. The van der Waals surface area contributed by atoms with Crippen molar-refractivity contribution in [2.75, 3.05) is 18.0 Å². The summed E-state index contributed by atoms with van der Waals surface area (Å²) in [6, 6.07) is 8.43. The lowest BCUT2D eigenvalue weighted by Gasteiger charge is -2.45. The van der Waals surface area contributed by atoms with Crippen molar-refractivity contribution in [2.45, 2.75) is 89.9 Å². The molecule has 2 aromatic heterocycles. The molecule has 2 amide bonds. The molecule has 10 nitrogen and oxygen atoms in total. The molecule has 7 rings (SSSR count). The van der Waals surface area contributed by atoms with E-state index in [0.717, 1.165) is 42.1 Å². The van der Waals surface area contributed by atoms with E-state index in [2.05, 4.69) is 10.3 Å². The SMILES string of the molecule is CC(C)(C)OC(=O)N1CCc2cccc(-c3cn(C4CCC(C)(C)N(C(=O)c5cn(C6CC6)c6cc(Cl)c(F)cc6c5=O)C4)nn3)c21. The molecule has 3 aliphatic rings. The van der Waals surface area contributed by atoms with E-state index in [0.29, 0.717) is 37.1 Å². The zero-order valence-corrected chi connectivity index (χ0v) is 28.0. The van der Waals surface area contributed by atoms with Crippen molar-refractivity contribution in [3.8, 4) is 11.3 Å². The fourth-order valence-corrected chi connectivity index (χ4v) is 6.97. The zero-order chi connectivity index (χ0) is 33.4. The van der Waals surface area contributed by atoms with Crippen molar-refractivity contribution < 1.29 is 18.7 Å². The number of hydrogen-bond donors (Lipinski definition) is 0. The lowest BCUT2D eigenvalue weighted by atomic mass is 9.87. The number of amides is 2. The van der Waals surface area contributed by atoms with E-state index in [1.54, 1.807) is 20.7 Å². The number of carbonyl (C=O) groups excluding carboxylic acids is 2. The number of piperidine rings is 1. The molecule has 4 aromatic rings. The number of anilines is 1. The van der Waals surface area contributed by atoms with Gasteiger partial charge in [0.15, 0.2) is 0 Å². The summed E-state index contributed by atoms with van der Waals surface area (Å²) in [5, 5.41) is 9.07. The van der Waals surface area contributed by atoms with Crippen molar-refractivity contribution >= 4 is 40.2 Å². The maximum Gasteiger partial charge on any atom is 0.414 e. The number of fused-ring (bicyclic) bond motifs is 2. The van der Waals surface area contributed by atoms with Gasteiger partial charge in [-0.05, 0) is 84.4 Å². The highest BCUT2D eigenvalue weighted by Crippen LogP contribution is 2.41. The number of hydrogen-bond acceptors (Lipinski definition) is 6. The standard InChI is InChI=1S/C35H38ClFN6O4/c1-34(2,3)47-33(46)40-14-12-20-7-6-8-23(30(20)40)28-19-43(39-38-28)22-11-13-35(4,5)42(17-22)32(45)25-18-41(21-9-10-21)29-16-26(36)27(37)15-24(29)31(25)44/h6-8,15-16,18-19,21-22H,9-14,17H2,1-5H3. The summed E-state index contributed by atoms with van der Waals surface area (Å²) in [4.78, 5) is 44.5. The molecule has 2 aliphatic heterocycles. The fourth-order valence-electron chi connectivity index (χ4n) is 6.82. The summed E-state index contributed by atoms with van der Waals surface area (Å²) in [6.45, 7) is 10.3. The smallest absolute Gasteiger partial charge is 0.414 e. The number of benzene rings is 2. The van der Waals surface area contributed by atoms with Crippen molar-refractivity contribution in [1.29, 1.82) is 0 Å². The third-order valence-corrected chi connectivity index (χ3v) is 9.76. The van der Waals surface area contributed by atoms with Crippen LogP contribution in [0.25, 0.3) is 22.2 Å². The van der Waals surface area contributed by atoms with E-state index >= 15 is 0 Å². The van der Waals surface area contributed by atoms with Crippen molar-refractivity contribution in [1.82, 2.24) is 24.5 Å². The second kappa shape index (κ2) is 11.2. The average molecular weight is 661 g/mol. The second-order valence-electron chi connectivity index (χ2n) is 14.5. The monoisotopic (exact) mass is 660 g/mol. The Balaban J connectivity index is 1.19. The van der Waals surface area contributed by atoms with Crippen LogP contribution in [-0.2, 0) is 11.2 Å². The van der Waals surface area contributed by atoms with Gasteiger partial charge in [0.05, 0.1) is 28.5 Å². The lowest BCUT2D eigenvalue weighted by Crippen LogP contribution is -2.54. The maximum absolute atomic E-state index is 14.5. The van der Waals surface area contributed by atoms with Crippen LogP contribution in [-0.4, -0.2) is 60.7 Å². The second-order valence-corrected chi connectivity index (χ2v) is 14.9. The molecule has 246 valence electrons. The molecule has 1 unspecified atom stereocenters. The summed E-state index contributed by atoms with van der Waals surface area (Å²) in [6.07, 6.45) is 7.01. The average Bonchev–Trinajstić information content (AvgIpc) is 3.55.